The van der Waals surface area contributed by atoms with Crippen molar-refractivity contribution < 1.29 is 14.4 Å². The van der Waals surface area contributed by atoms with Gasteiger partial charge >= 0.3 is 0 Å². The molecule has 6 nitrogen and oxygen atoms in total. The molecule has 1 fully saturated rings. The number of aliphatic hydroxyl groups excluding tert-OH is 1. The van der Waals surface area contributed by atoms with Gasteiger partial charge in [0.25, 0.3) is 5.69 Å². The van der Waals surface area contributed by atoms with E-state index in [9.17, 15) is 19.6 Å². The van der Waals surface area contributed by atoms with Gasteiger partial charge < -0.3 is 15.3 Å². The molecule has 2 aromatic rings. The molecule has 0 spiro atoms. The molecule has 1 atom stereocenters. The van der Waals surface area contributed by atoms with Gasteiger partial charge in [-0.05, 0) is 51.0 Å². The third kappa shape index (κ3) is 4.36. The summed E-state index contributed by atoms with van der Waals surface area (Å²) in [6.45, 7) is 4.94. The second-order valence-electron chi connectivity index (χ2n) is 7.16. The molecule has 0 amide bonds. The van der Waals surface area contributed by atoms with Crippen molar-refractivity contribution in [3.63, 3.8) is 0 Å². The van der Waals surface area contributed by atoms with Gasteiger partial charge in [0, 0.05) is 36.0 Å². The minimum absolute atomic E-state index is 0.0403. The molecule has 0 bridgehead atoms. The van der Waals surface area contributed by atoms with Gasteiger partial charge in [0.05, 0.1) is 27.8 Å². The first-order valence-corrected chi connectivity index (χ1v) is 9.57. The lowest BCUT2D eigenvalue weighted by atomic mass is 10.0. The predicted molar refractivity (Wildman–Crippen MR) is 109 cm³/mol. The number of rotatable bonds is 5. The van der Waals surface area contributed by atoms with Crippen molar-refractivity contribution in [3.8, 4) is 0 Å². The highest BCUT2D eigenvalue weighted by Crippen LogP contribution is 2.35. The molecule has 0 aliphatic carbocycles. The summed E-state index contributed by atoms with van der Waals surface area (Å²) < 4.78 is 14.0. The highest BCUT2D eigenvalue weighted by molar-refractivity contribution is 6.33. The van der Waals surface area contributed by atoms with Gasteiger partial charge in [-0.1, -0.05) is 11.6 Å². The van der Waals surface area contributed by atoms with Crippen molar-refractivity contribution in [2.24, 2.45) is 0 Å². The Morgan fingerprint density at radius 1 is 1.32 bits per heavy atom. The second kappa shape index (κ2) is 8.32. The Bertz CT molecular complexity index is 885. The minimum Gasteiger partial charge on any atom is -0.393 e. The zero-order valence-corrected chi connectivity index (χ0v) is 16.5. The summed E-state index contributed by atoms with van der Waals surface area (Å²) in [5.74, 6) is -0.338. The van der Waals surface area contributed by atoms with Crippen molar-refractivity contribution in [1.82, 2.24) is 0 Å². The minimum atomic E-state index is -0.468. The Balaban J connectivity index is 1.88. The number of hydrogen-bond acceptors (Lipinski definition) is 5. The number of hydrogen-bond donors (Lipinski definition) is 2. The van der Waals surface area contributed by atoms with Crippen LogP contribution in [-0.4, -0.2) is 29.2 Å². The molecule has 2 N–H and O–H groups in total. The van der Waals surface area contributed by atoms with Crippen LogP contribution in [0, 0.1) is 22.9 Å². The van der Waals surface area contributed by atoms with E-state index in [-0.39, 0.29) is 28.7 Å². The number of benzene rings is 2. The van der Waals surface area contributed by atoms with E-state index in [0.29, 0.717) is 37.2 Å². The van der Waals surface area contributed by atoms with Gasteiger partial charge in [-0.2, -0.15) is 0 Å². The van der Waals surface area contributed by atoms with Crippen LogP contribution in [0.15, 0.2) is 30.3 Å². The molecular weight excluding hydrogens is 385 g/mol. The fourth-order valence-electron chi connectivity index (χ4n) is 3.56. The Hall–Kier alpha value is -2.38. The van der Waals surface area contributed by atoms with Crippen LogP contribution in [0.2, 0.25) is 5.02 Å². The van der Waals surface area contributed by atoms with Crippen molar-refractivity contribution in [1.29, 1.82) is 0 Å². The van der Waals surface area contributed by atoms with E-state index < -0.39 is 4.92 Å². The van der Waals surface area contributed by atoms with Crippen molar-refractivity contribution in [3.05, 3.63) is 62.4 Å². The third-order valence-electron chi connectivity index (χ3n) is 5.12. The number of piperidine rings is 1. The molecule has 8 heteroatoms. The maximum Gasteiger partial charge on any atom is 0.273 e. The number of nitro groups is 1. The zero-order chi connectivity index (χ0) is 20.4. The molecule has 0 saturated carbocycles. The largest absolute Gasteiger partial charge is 0.393 e. The smallest absolute Gasteiger partial charge is 0.273 e. The van der Waals surface area contributed by atoms with Crippen molar-refractivity contribution >= 4 is 28.7 Å². The molecule has 1 aliphatic heterocycles. The average Bonchev–Trinajstić information content (AvgIpc) is 2.65. The van der Waals surface area contributed by atoms with Crippen LogP contribution in [0.1, 0.15) is 36.9 Å². The second-order valence-corrected chi connectivity index (χ2v) is 7.57. The third-order valence-corrected chi connectivity index (χ3v) is 5.43. The summed E-state index contributed by atoms with van der Waals surface area (Å²) in [5.41, 5.74) is 2.68. The predicted octanol–water partition coefficient (Wildman–Crippen LogP) is 4.83. The molecule has 28 heavy (non-hydrogen) atoms. The maximum atomic E-state index is 14.0. The molecule has 0 radical (unpaired) electrons. The molecule has 1 unspecified atom stereocenters. The number of aliphatic hydroxyl groups is 1. The number of halogens is 2. The molecular formula is C20H23ClFN3O3. The van der Waals surface area contributed by atoms with E-state index in [0.717, 1.165) is 11.3 Å². The average molecular weight is 408 g/mol. The van der Waals surface area contributed by atoms with Crippen LogP contribution in [0.5, 0.6) is 0 Å². The molecule has 1 aliphatic rings. The Morgan fingerprint density at radius 2 is 2.00 bits per heavy atom. The number of nitrogens with one attached hydrogen (secondary N) is 1. The first kappa shape index (κ1) is 20.4. The molecule has 150 valence electrons. The van der Waals surface area contributed by atoms with E-state index >= 15 is 0 Å². The molecule has 3 rings (SSSR count). The van der Waals surface area contributed by atoms with E-state index in [4.69, 9.17) is 11.6 Å². The topological polar surface area (TPSA) is 78.6 Å². The van der Waals surface area contributed by atoms with Crippen LogP contribution in [0.25, 0.3) is 0 Å². The normalized spacial score (nSPS) is 16.1. The lowest BCUT2D eigenvalue weighted by molar-refractivity contribution is -0.385. The lowest BCUT2D eigenvalue weighted by Gasteiger charge is -2.34. The van der Waals surface area contributed by atoms with E-state index in [1.54, 1.807) is 19.1 Å². The van der Waals surface area contributed by atoms with Crippen molar-refractivity contribution in [2.45, 2.75) is 38.8 Å². The van der Waals surface area contributed by atoms with Gasteiger partial charge in [-0.25, -0.2) is 4.39 Å². The van der Waals surface area contributed by atoms with Gasteiger partial charge in [-0.15, -0.1) is 0 Å². The molecule has 1 saturated heterocycles. The number of nitro benzene ring substituents is 1. The number of anilines is 2. The van der Waals surface area contributed by atoms with Gasteiger partial charge in [0.15, 0.2) is 0 Å². The van der Waals surface area contributed by atoms with Crippen LogP contribution < -0.4 is 10.2 Å². The van der Waals surface area contributed by atoms with E-state index in [2.05, 4.69) is 10.2 Å². The number of aryl methyl sites for hydroxylation is 1. The summed E-state index contributed by atoms with van der Waals surface area (Å²) >= 11 is 6.23. The number of nitrogens with zero attached hydrogens (tertiary/aromatic N) is 2. The van der Waals surface area contributed by atoms with Crippen LogP contribution in [-0.2, 0) is 0 Å². The molecule has 2 aromatic carbocycles. The Kier molecular flexibility index (Phi) is 6.05. The van der Waals surface area contributed by atoms with Gasteiger partial charge in [0.2, 0.25) is 0 Å². The monoisotopic (exact) mass is 407 g/mol. The van der Waals surface area contributed by atoms with Crippen LogP contribution in [0.4, 0.5) is 21.5 Å². The first-order chi connectivity index (χ1) is 13.3. The summed E-state index contributed by atoms with van der Waals surface area (Å²) in [6.07, 6.45) is 1.05. The lowest BCUT2D eigenvalue weighted by Crippen LogP contribution is -2.36. The Morgan fingerprint density at radius 3 is 2.64 bits per heavy atom. The van der Waals surface area contributed by atoms with Crippen molar-refractivity contribution in [2.75, 3.05) is 23.3 Å². The van der Waals surface area contributed by atoms with E-state index in [1.165, 1.54) is 18.2 Å². The fourth-order valence-corrected chi connectivity index (χ4v) is 3.77. The maximum absolute atomic E-state index is 14.0. The van der Waals surface area contributed by atoms with Gasteiger partial charge in [-0.3, -0.25) is 10.1 Å². The summed E-state index contributed by atoms with van der Waals surface area (Å²) in [7, 11) is 0. The molecule has 1 heterocycles. The summed E-state index contributed by atoms with van der Waals surface area (Å²) in [6, 6.07) is 7.35. The standard InChI is InChI=1S/C20H23ClFN3O3/c1-12-9-18(17(21)11-20(12)25(27)28)23-13(2)16-10-14(22)3-4-19(16)24-7-5-15(26)6-8-24/h3-4,9-11,13,15,23,26H,5-8H2,1-2H3. The zero-order valence-electron chi connectivity index (χ0n) is 15.8. The Labute approximate surface area is 168 Å². The highest BCUT2D eigenvalue weighted by Gasteiger charge is 2.23. The fraction of sp³-hybridized carbons (Fsp3) is 0.400. The van der Waals surface area contributed by atoms with Crippen LogP contribution in [0.3, 0.4) is 0 Å². The van der Waals surface area contributed by atoms with Gasteiger partial charge in [0.1, 0.15) is 5.82 Å². The van der Waals surface area contributed by atoms with E-state index in [1.807, 2.05) is 6.92 Å². The quantitative estimate of drug-likeness (QED) is 0.548. The highest BCUT2D eigenvalue weighted by atomic mass is 35.5. The summed E-state index contributed by atoms with van der Waals surface area (Å²) in [4.78, 5) is 12.7. The first-order valence-electron chi connectivity index (χ1n) is 9.19. The molecule has 0 aromatic heterocycles. The summed E-state index contributed by atoms with van der Waals surface area (Å²) in [5, 5.41) is 24.3. The van der Waals surface area contributed by atoms with Crippen LogP contribution >= 0.6 is 11.6 Å². The SMILES string of the molecule is Cc1cc(NC(C)c2cc(F)ccc2N2CCC(O)CC2)c(Cl)cc1[N+](=O)[O-].